The number of alkyl halides is 2. The number of ether oxygens (including phenoxy) is 1. The SMILES string of the molecule is CO[Si](C)(C)CCC(C)C(=O)OC(C)C(F)(F)S(=O)(=O)O. The number of hydrogen-bond acceptors (Lipinski definition) is 5. The second kappa shape index (κ2) is 7.12. The normalized spacial score (nSPS) is 16.4. The van der Waals surface area contributed by atoms with Gasteiger partial charge in [-0.15, -0.1) is 0 Å². The van der Waals surface area contributed by atoms with Gasteiger partial charge in [0.1, 0.15) is 0 Å². The number of halogens is 2. The van der Waals surface area contributed by atoms with E-state index in [0.29, 0.717) is 19.4 Å². The van der Waals surface area contributed by atoms with E-state index in [9.17, 15) is 22.0 Å². The van der Waals surface area contributed by atoms with Gasteiger partial charge in [-0.1, -0.05) is 6.92 Å². The number of esters is 1. The zero-order valence-corrected chi connectivity index (χ0v) is 14.5. The fraction of sp³-hybridized carbons (Fsp3) is 0.909. The van der Waals surface area contributed by atoms with Crippen molar-refractivity contribution in [1.82, 2.24) is 0 Å². The van der Waals surface area contributed by atoms with Crippen molar-refractivity contribution >= 4 is 24.4 Å². The van der Waals surface area contributed by atoms with Gasteiger partial charge in [-0.05, 0) is 32.5 Å². The van der Waals surface area contributed by atoms with E-state index in [1.54, 1.807) is 7.11 Å². The molecule has 0 saturated carbocycles. The highest BCUT2D eigenvalue weighted by atomic mass is 32.2. The predicted molar refractivity (Wildman–Crippen MR) is 75.1 cm³/mol. The van der Waals surface area contributed by atoms with Crippen molar-refractivity contribution in [2.45, 2.75) is 50.8 Å². The molecule has 2 atom stereocenters. The van der Waals surface area contributed by atoms with Crippen LogP contribution in [-0.4, -0.2) is 45.7 Å². The lowest BCUT2D eigenvalue weighted by atomic mass is 10.1. The summed E-state index contributed by atoms with van der Waals surface area (Å²) in [6.45, 7) is 6.10. The molecule has 0 bridgehead atoms. The molecule has 21 heavy (non-hydrogen) atoms. The molecule has 0 saturated heterocycles. The topological polar surface area (TPSA) is 89.9 Å². The summed E-state index contributed by atoms with van der Waals surface area (Å²) in [5.41, 5.74) is 0. The molecule has 0 fully saturated rings. The average molecular weight is 348 g/mol. The van der Waals surface area contributed by atoms with E-state index < -0.39 is 41.7 Å². The third-order valence-electron chi connectivity index (χ3n) is 3.24. The summed E-state index contributed by atoms with van der Waals surface area (Å²) in [7, 11) is -5.95. The largest absolute Gasteiger partial charge is 0.455 e. The van der Waals surface area contributed by atoms with Crippen LogP contribution in [0.1, 0.15) is 20.3 Å². The number of hydrogen-bond donors (Lipinski definition) is 1. The number of carbonyl (C=O) groups is 1. The average Bonchev–Trinajstić information content (AvgIpc) is 2.34. The van der Waals surface area contributed by atoms with Crippen molar-refractivity contribution in [3.05, 3.63) is 0 Å². The molecule has 0 aliphatic carbocycles. The summed E-state index contributed by atoms with van der Waals surface area (Å²) >= 11 is 0. The van der Waals surface area contributed by atoms with Crippen molar-refractivity contribution in [2.75, 3.05) is 7.11 Å². The Morgan fingerprint density at radius 2 is 1.81 bits per heavy atom. The van der Waals surface area contributed by atoms with Crippen LogP contribution in [0.15, 0.2) is 0 Å². The molecule has 0 aliphatic heterocycles. The minimum absolute atomic E-state index is 0.385. The fourth-order valence-electron chi connectivity index (χ4n) is 1.35. The molecular weight excluding hydrogens is 326 g/mol. The lowest BCUT2D eigenvalue weighted by Gasteiger charge is -2.24. The van der Waals surface area contributed by atoms with Crippen LogP contribution in [0, 0.1) is 5.92 Å². The molecule has 6 nitrogen and oxygen atoms in total. The lowest BCUT2D eigenvalue weighted by molar-refractivity contribution is -0.163. The molecule has 0 rings (SSSR count). The van der Waals surface area contributed by atoms with Crippen LogP contribution in [0.3, 0.4) is 0 Å². The van der Waals surface area contributed by atoms with Crippen molar-refractivity contribution in [1.29, 1.82) is 0 Å². The third-order valence-corrected chi connectivity index (χ3v) is 6.86. The lowest BCUT2D eigenvalue weighted by Crippen LogP contribution is -2.42. The van der Waals surface area contributed by atoms with Crippen LogP contribution in [0.4, 0.5) is 8.78 Å². The van der Waals surface area contributed by atoms with Crippen LogP contribution >= 0.6 is 0 Å². The maximum Gasteiger partial charge on any atom is 0.405 e. The number of rotatable bonds is 8. The minimum Gasteiger partial charge on any atom is -0.455 e. The Morgan fingerprint density at radius 1 is 1.33 bits per heavy atom. The Hall–Kier alpha value is -0.583. The van der Waals surface area contributed by atoms with E-state index >= 15 is 0 Å². The quantitative estimate of drug-likeness (QED) is 0.411. The van der Waals surface area contributed by atoms with Crippen LogP contribution in [0.2, 0.25) is 19.1 Å². The zero-order chi connectivity index (χ0) is 17.1. The van der Waals surface area contributed by atoms with Gasteiger partial charge in [0, 0.05) is 7.11 Å². The molecule has 0 aromatic carbocycles. The highest BCUT2D eigenvalue weighted by Gasteiger charge is 2.52. The first kappa shape index (κ1) is 20.4. The molecule has 2 unspecified atom stereocenters. The second-order valence-electron chi connectivity index (χ2n) is 5.52. The molecule has 126 valence electrons. The van der Waals surface area contributed by atoms with E-state index in [1.807, 2.05) is 13.1 Å². The van der Waals surface area contributed by atoms with E-state index in [0.717, 1.165) is 0 Å². The molecule has 0 aromatic heterocycles. The standard InChI is InChI=1S/C11H22F2O6SSi/c1-8(6-7-21(4,5)18-3)10(14)19-9(2)11(12,13)20(15,16)17/h8-9H,6-7H2,1-5H3,(H,15,16,17). The van der Waals surface area contributed by atoms with Crippen LogP contribution in [0.25, 0.3) is 0 Å². The van der Waals surface area contributed by atoms with Gasteiger partial charge in [-0.25, -0.2) is 0 Å². The maximum absolute atomic E-state index is 13.2. The van der Waals surface area contributed by atoms with Crippen molar-refractivity contribution in [2.24, 2.45) is 5.92 Å². The summed E-state index contributed by atoms with van der Waals surface area (Å²) in [4.78, 5) is 11.7. The summed E-state index contributed by atoms with van der Waals surface area (Å²) in [6.07, 6.45) is -1.88. The molecule has 0 heterocycles. The van der Waals surface area contributed by atoms with Gasteiger partial charge < -0.3 is 9.16 Å². The second-order valence-corrected chi connectivity index (χ2v) is 11.4. The number of carbonyl (C=O) groups excluding carboxylic acids is 1. The first-order valence-electron chi connectivity index (χ1n) is 6.35. The smallest absolute Gasteiger partial charge is 0.405 e. The Morgan fingerprint density at radius 3 is 2.19 bits per heavy atom. The molecule has 0 spiro atoms. The first-order chi connectivity index (χ1) is 9.24. The first-order valence-corrected chi connectivity index (χ1v) is 10.9. The molecule has 0 amide bonds. The van der Waals surface area contributed by atoms with Gasteiger partial charge in [0.05, 0.1) is 5.92 Å². The van der Waals surface area contributed by atoms with Gasteiger partial charge in [-0.3, -0.25) is 9.35 Å². The zero-order valence-electron chi connectivity index (χ0n) is 12.7. The van der Waals surface area contributed by atoms with Gasteiger partial charge in [0.25, 0.3) is 0 Å². The highest BCUT2D eigenvalue weighted by molar-refractivity contribution is 7.86. The summed E-state index contributed by atoms with van der Waals surface area (Å²) in [5.74, 6) is -1.61. The molecule has 0 radical (unpaired) electrons. The molecule has 0 aliphatic rings. The Labute approximate surface area is 124 Å². The molecule has 10 heteroatoms. The van der Waals surface area contributed by atoms with Crippen LogP contribution in [0.5, 0.6) is 0 Å². The Bertz CT molecular complexity index is 465. The monoisotopic (exact) mass is 348 g/mol. The molecule has 0 aromatic rings. The highest BCUT2D eigenvalue weighted by Crippen LogP contribution is 2.28. The molecule has 1 N–H and O–H groups in total. The van der Waals surface area contributed by atoms with Crippen molar-refractivity contribution < 1.29 is 35.7 Å². The van der Waals surface area contributed by atoms with Crippen LogP contribution < -0.4 is 0 Å². The summed E-state index contributed by atoms with van der Waals surface area (Å²) in [5, 5.41) is -4.54. The Balaban J connectivity index is 4.63. The van der Waals surface area contributed by atoms with Crippen molar-refractivity contribution in [3.8, 4) is 0 Å². The van der Waals surface area contributed by atoms with E-state index in [-0.39, 0.29) is 0 Å². The fourth-order valence-corrected chi connectivity index (χ4v) is 3.15. The van der Waals surface area contributed by atoms with Gasteiger partial charge >= 0.3 is 21.3 Å². The minimum atomic E-state index is -5.64. The third kappa shape index (κ3) is 5.97. The van der Waals surface area contributed by atoms with Crippen LogP contribution in [-0.2, 0) is 24.1 Å². The van der Waals surface area contributed by atoms with Gasteiger partial charge in [0.2, 0.25) is 0 Å². The summed E-state index contributed by atoms with van der Waals surface area (Å²) < 4.78 is 65.8. The summed E-state index contributed by atoms with van der Waals surface area (Å²) in [6, 6.07) is 0.628. The van der Waals surface area contributed by atoms with Gasteiger partial charge in [0.15, 0.2) is 14.4 Å². The predicted octanol–water partition coefficient (Wildman–Crippen LogP) is 2.28. The van der Waals surface area contributed by atoms with E-state index in [1.165, 1.54) is 6.92 Å². The maximum atomic E-state index is 13.2. The van der Waals surface area contributed by atoms with E-state index in [4.69, 9.17) is 8.98 Å². The van der Waals surface area contributed by atoms with Crippen molar-refractivity contribution in [3.63, 3.8) is 0 Å². The van der Waals surface area contributed by atoms with Gasteiger partial charge in [-0.2, -0.15) is 17.2 Å². The van der Waals surface area contributed by atoms with E-state index in [2.05, 4.69) is 4.74 Å². The Kier molecular flexibility index (Phi) is 6.92. The molecular formula is C11H22F2O6SSi.